The molecule has 0 bridgehead atoms. The Morgan fingerprint density at radius 2 is 2.15 bits per heavy atom. The third-order valence-corrected chi connectivity index (χ3v) is 3.47. The average molecular weight is 271 g/mol. The third kappa shape index (κ3) is 2.50. The minimum absolute atomic E-state index is 0.0641. The predicted molar refractivity (Wildman–Crippen MR) is 75.1 cm³/mol. The molecule has 0 radical (unpaired) electrons. The molecule has 104 valence electrons. The lowest BCUT2D eigenvalue weighted by atomic mass is 9.88. The topological polar surface area (TPSA) is 64.4 Å². The molecule has 0 aromatic heterocycles. The van der Waals surface area contributed by atoms with E-state index in [0.29, 0.717) is 6.54 Å². The van der Waals surface area contributed by atoms with Crippen molar-refractivity contribution in [1.29, 1.82) is 5.26 Å². The van der Waals surface area contributed by atoms with Crippen molar-refractivity contribution in [2.45, 2.75) is 18.8 Å². The van der Waals surface area contributed by atoms with Crippen molar-refractivity contribution in [3.05, 3.63) is 29.8 Å². The number of likely N-dealkylation sites (N-methyl/N-ethyl adjacent to an activating group) is 1. The van der Waals surface area contributed by atoms with Gasteiger partial charge in [-0.15, -0.1) is 0 Å². The predicted octanol–water partition coefficient (Wildman–Crippen LogP) is 1.51. The van der Waals surface area contributed by atoms with Gasteiger partial charge in [0.15, 0.2) is 0 Å². The number of carbonyl (C=O) groups is 2. The second kappa shape index (κ2) is 5.74. The molecule has 1 aromatic carbocycles. The van der Waals surface area contributed by atoms with Crippen LogP contribution in [0.25, 0.3) is 0 Å². The van der Waals surface area contributed by atoms with Crippen LogP contribution in [0, 0.1) is 11.3 Å². The van der Waals surface area contributed by atoms with Gasteiger partial charge in [-0.25, -0.2) is 0 Å². The van der Waals surface area contributed by atoms with E-state index < -0.39 is 5.92 Å². The molecule has 1 atom stereocenters. The second-order valence-corrected chi connectivity index (χ2v) is 5.00. The fraction of sp³-hybridized carbons (Fsp3) is 0.400. The van der Waals surface area contributed by atoms with Gasteiger partial charge in [-0.05, 0) is 11.6 Å². The van der Waals surface area contributed by atoms with Crippen LogP contribution in [0.2, 0.25) is 0 Å². The summed E-state index contributed by atoms with van der Waals surface area (Å²) in [5.74, 6) is -0.586. The second-order valence-electron chi connectivity index (χ2n) is 5.00. The quantitative estimate of drug-likeness (QED) is 0.837. The summed E-state index contributed by atoms with van der Waals surface area (Å²) in [5, 5.41) is 8.70. The number of amides is 2. The summed E-state index contributed by atoms with van der Waals surface area (Å²) in [6.07, 6.45) is 0.450. The maximum Gasteiger partial charge on any atom is 0.230 e. The number of hydrogen-bond donors (Lipinski definition) is 0. The number of nitriles is 1. The van der Waals surface area contributed by atoms with E-state index in [1.807, 2.05) is 30.3 Å². The number of fused-ring (bicyclic) bond motifs is 1. The van der Waals surface area contributed by atoms with Crippen LogP contribution in [-0.4, -0.2) is 37.4 Å². The molecule has 5 nitrogen and oxygen atoms in total. The van der Waals surface area contributed by atoms with Crippen LogP contribution in [0.4, 0.5) is 5.69 Å². The van der Waals surface area contributed by atoms with Gasteiger partial charge in [0.05, 0.1) is 18.4 Å². The Bertz CT molecular complexity index is 575. The number of rotatable bonds is 3. The van der Waals surface area contributed by atoms with Crippen molar-refractivity contribution in [3.63, 3.8) is 0 Å². The number of carbonyl (C=O) groups excluding carboxylic acids is 2. The van der Waals surface area contributed by atoms with Crippen LogP contribution in [0.5, 0.6) is 0 Å². The largest absolute Gasteiger partial charge is 0.348 e. The Morgan fingerprint density at radius 3 is 2.80 bits per heavy atom. The Labute approximate surface area is 118 Å². The first-order valence-corrected chi connectivity index (χ1v) is 6.53. The van der Waals surface area contributed by atoms with Gasteiger partial charge in [-0.3, -0.25) is 9.59 Å². The van der Waals surface area contributed by atoms with Crippen LogP contribution in [0.1, 0.15) is 24.3 Å². The van der Waals surface area contributed by atoms with E-state index in [2.05, 4.69) is 0 Å². The van der Waals surface area contributed by atoms with Crippen molar-refractivity contribution in [2.75, 3.05) is 25.5 Å². The summed E-state index contributed by atoms with van der Waals surface area (Å²) in [6, 6.07) is 9.47. The number of nitrogens with zero attached hydrogens (tertiary/aromatic N) is 3. The molecule has 0 spiro atoms. The molecule has 0 saturated carbocycles. The SMILES string of the molecule is CN(C)C(=O)C1CC(=O)N(CCC#N)c2ccccc21. The molecular formula is C15H17N3O2. The normalized spacial score (nSPS) is 17.4. The maximum atomic E-state index is 12.2. The molecule has 0 N–H and O–H groups in total. The van der Waals surface area contributed by atoms with E-state index in [9.17, 15) is 9.59 Å². The van der Waals surface area contributed by atoms with Crippen molar-refractivity contribution in [1.82, 2.24) is 4.90 Å². The highest BCUT2D eigenvalue weighted by molar-refractivity contribution is 6.02. The van der Waals surface area contributed by atoms with Crippen molar-refractivity contribution in [2.24, 2.45) is 0 Å². The Kier molecular flexibility index (Phi) is 4.04. The highest BCUT2D eigenvalue weighted by Crippen LogP contribution is 2.36. The number of hydrogen-bond acceptors (Lipinski definition) is 3. The average Bonchev–Trinajstić information content (AvgIpc) is 2.44. The van der Waals surface area contributed by atoms with Gasteiger partial charge < -0.3 is 9.80 Å². The highest BCUT2D eigenvalue weighted by atomic mass is 16.2. The van der Waals surface area contributed by atoms with Crippen molar-refractivity contribution < 1.29 is 9.59 Å². The Morgan fingerprint density at radius 1 is 1.45 bits per heavy atom. The molecule has 5 heteroatoms. The summed E-state index contributed by atoms with van der Waals surface area (Å²) in [5.41, 5.74) is 1.61. The lowest BCUT2D eigenvalue weighted by molar-refractivity contribution is -0.133. The molecule has 0 aliphatic carbocycles. The van der Waals surface area contributed by atoms with Crippen molar-refractivity contribution >= 4 is 17.5 Å². The highest BCUT2D eigenvalue weighted by Gasteiger charge is 2.35. The Hall–Kier alpha value is -2.35. The molecule has 2 amide bonds. The molecule has 1 heterocycles. The minimum atomic E-state index is -0.424. The molecule has 0 saturated heterocycles. The fourth-order valence-electron chi connectivity index (χ4n) is 2.50. The van der Waals surface area contributed by atoms with E-state index >= 15 is 0 Å². The van der Waals surface area contributed by atoms with Gasteiger partial charge in [0.2, 0.25) is 11.8 Å². The lowest BCUT2D eigenvalue weighted by Gasteiger charge is -2.34. The van der Waals surface area contributed by atoms with E-state index in [1.54, 1.807) is 19.0 Å². The number of benzene rings is 1. The van der Waals surface area contributed by atoms with Crippen LogP contribution in [0.15, 0.2) is 24.3 Å². The van der Waals surface area contributed by atoms with Crippen LogP contribution in [0.3, 0.4) is 0 Å². The fourth-order valence-corrected chi connectivity index (χ4v) is 2.50. The number of anilines is 1. The number of para-hydroxylation sites is 1. The van der Waals surface area contributed by atoms with E-state index in [4.69, 9.17) is 5.26 Å². The van der Waals surface area contributed by atoms with Crippen LogP contribution >= 0.6 is 0 Å². The van der Waals surface area contributed by atoms with Gasteiger partial charge in [0.1, 0.15) is 0 Å². The van der Waals surface area contributed by atoms with E-state index in [0.717, 1.165) is 11.3 Å². The molecule has 1 aromatic rings. The molecule has 1 aliphatic heterocycles. The van der Waals surface area contributed by atoms with Crippen LogP contribution in [-0.2, 0) is 9.59 Å². The van der Waals surface area contributed by atoms with Crippen molar-refractivity contribution in [3.8, 4) is 6.07 Å². The molecule has 1 unspecified atom stereocenters. The summed E-state index contributed by atoms with van der Waals surface area (Å²) in [6.45, 7) is 0.370. The monoisotopic (exact) mass is 271 g/mol. The van der Waals surface area contributed by atoms with E-state index in [-0.39, 0.29) is 24.7 Å². The standard InChI is InChI=1S/C15H17N3O2/c1-17(2)15(20)12-10-14(19)18(9-5-8-16)13-7-4-3-6-11(12)13/h3-4,6-7,12H,5,9-10H2,1-2H3. The van der Waals surface area contributed by atoms with Gasteiger partial charge >= 0.3 is 0 Å². The molecule has 2 rings (SSSR count). The summed E-state index contributed by atoms with van der Waals surface area (Å²) < 4.78 is 0. The molecular weight excluding hydrogens is 254 g/mol. The zero-order chi connectivity index (χ0) is 14.7. The zero-order valence-corrected chi connectivity index (χ0v) is 11.7. The van der Waals surface area contributed by atoms with Crippen LogP contribution < -0.4 is 4.90 Å². The Balaban J connectivity index is 2.40. The van der Waals surface area contributed by atoms with Gasteiger partial charge in [-0.2, -0.15) is 5.26 Å². The van der Waals surface area contributed by atoms with Gasteiger partial charge in [0.25, 0.3) is 0 Å². The van der Waals surface area contributed by atoms with E-state index in [1.165, 1.54) is 4.90 Å². The smallest absolute Gasteiger partial charge is 0.230 e. The summed E-state index contributed by atoms with van der Waals surface area (Å²) in [4.78, 5) is 27.6. The lowest BCUT2D eigenvalue weighted by Crippen LogP contribution is -2.41. The summed E-state index contributed by atoms with van der Waals surface area (Å²) >= 11 is 0. The molecule has 1 aliphatic rings. The summed E-state index contributed by atoms with van der Waals surface area (Å²) in [7, 11) is 3.38. The zero-order valence-electron chi connectivity index (χ0n) is 11.7. The minimum Gasteiger partial charge on any atom is -0.348 e. The van der Waals surface area contributed by atoms with Gasteiger partial charge in [-0.1, -0.05) is 18.2 Å². The maximum absolute atomic E-state index is 12.2. The van der Waals surface area contributed by atoms with Gasteiger partial charge in [0, 0.05) is 32.7 Å². The first-order chi connectivity index (χ1) is 9.56. The first-order valence-electron chi connectivity index (χ1n) is 6.53. The third-order valence-electron chi connectivity index (χ3n) is 3.47. The molecule has 0 fully saturated rings. The first kappa shape index (κ1) is 14.1. The molecule has 20 heavy (non-hydrogen) atoms.